The average Bonchev–Trinajstić information content (AvgIpc) is 2.36. The summed E-state index contributed by atoms with van der Waals surface area (Å²) in [7, 11) is 0. The van der Waals surface area contributed by atoms with Gasteiger partial charge >= 0.3 is 0 Å². The number of rotatable bonds is 17. The summed E-state index contributed by atoms with van der Waals surface area (Å²) in [5.41, 5.74) is 19.4. The number of allylic oxidation sites excluding steroid dienone is 4. The minimum atomic E-state index is -0.224. The Morgan fingerprint density at radius 3 is 1.45 bits per heavy atom. The molecule has 410 valence electrons. The predicted octanol–water partition coefficient (Wildman–Crippen LogP) is 21.4. The molecule has 0 N–H and O–H groups in total. The van der Waals surface area contributed by atoms with Gasteiger partial charge < -0.3 is 9.13 Å². The van der Waals surface area contributed by atoms with E-state index >= 15 is 0 Å². The summed E-state index contributed by atoms with van der Waals surface area (Å²) < 4.78 is 4.91. The van der Waals surface area contributed by atoms with E-state index in [4.69, 9.17) is 15.0 Å². The number of para-hydroxylation sites is 2. The lowest BCUT2D eigenvalue weighted by Gasteiger charge is -2.20. The van der Waals surface area contributed by atoms with E-state index in [0.29, 0.717) is 23.9 Å². The van der Waals surface area contributed by atoms with Gasteiger partial charge in [0.25, 0.3) is 0 Å². The number of hydrogen-bond donors (Lipinski definition) is 0. The van der Waals surface area contributed by atoms with Crippen LogP contribution in [0.1, 0.15) is 42.1 Å². The molecule has 0 amide bonds. The van der Waals surface area contributed by atoms with Crippen LogP contribution in [-0.2, 0) is 0 Å². The Kier molecular flexibility index (Phi) is 14.6. The van der Waals surface area contributed by atoms with Crippen LogP contribution in [0.15, 0.2) is 304 Å². The summed E-state index contributed by atoms with van der Waals surface area (Å²) in [6, 6.07) is 95.7. The molecule has 0 aliphatic carbocycles. The number of benzene rings is 11. The molecule has 86 heavy (non-hydrogen) atoms. The van der Waals surface area contributed by atoms with Gasteiger partial charge in [0.2, 0.25) is 0 Å². The Labute approximate surface area is 502 Å². The monoisotopic (exact) mass is 1100 g/mol. The van der Waals surface area contributed by atoms with Crippen LogP contribution in [0.4, 0.5) is 0 Å². The SMILES string of the molecule is C=CCC/C=C/c1cc(-c2nc(-c3cc(-c4ccccc4)cc(-c4ccccc4)c3)nc(C(C=C)C/C=C/c3ccccc3)n2)cc(-c2ccccc2)c1-n1c2ccc(-c3ccccc3)cc2c2cc(-n3c4ccccc4c4ccccc43)ccc21. The molecule has 0 bridgehead atoms. The fraction of sp³-hybridized carbons (Fsp3) is 0.0494. The first kappa shape index (κ1) is 53.0. The van der Waals surface area contributed by atoms with Crippen LogP contribution in [0.2, 0.25) is 0 Å². The molecular weight excluding hydrogens is 1040 g/mol. The van der Waals surface area contributed by atoms with Gasteiger partial charge in [0.1, 0.15) is 5.82 Å². The lowest BCUT2D eigenvalue weighted by Crippen LogP contribution is -2.08. The zero-order valence-corrected chi connectivity index (χ0v) is 47.7. The largest absolute Gasteiger partial charge is 0.309 e. The molecule has 0 spiro atoms. The minimum Gasteiger partial charge on any atom is -0.309 e. The highest BCUT2D eigenvalue weighted by molar-refractivity contribution is 6.14. The third-order valence-corrected chi connectivity index (χ3v) is 16.4. The van der Waals surface area contributed by atoms with Crippen molar-refractivity contribution >= 4 is 55.8 Å². The van der Waals surface area contributed by atoms with Gasteiger partial charge in [-0.05, 0) is 142 Å². The standard InChI is InChI=1S/C81H61N5/c1-3-5-6-14-39-63-49-67(81-83-79(57(4-2)40-27-30-56-28-12-7-13-29-56)82-80(84-81)66-51-64(59-33-17-9-18-34-59)50-65(52-66)60-35-19-10-20-36-60)54-71(61-37-21-11-22-38-61)78(63)86-76-47-45-62(58-31-15-8-16-32-58)53-72(76)73-55-68(46-48-77(73)86)85-74-43-25-23-41-69(74)70-42-24-26-44-75(70)85/h3-4,7-39,41-55,57H,1-2,5-6,40H2/b30-27+,39-14+. The number of unbranched alkanes of at least 4 members (excludes halogenated alkanes) is 1. The maximum Gasteiger partial charge on any atom is 0.163 e. The first-order valence-electron chi connectivity index (χ1n) is 29.6. The van der Waals surface area contributed by atoms with Crippen LogP contribution < -0.4 is 0 Å². The van der Waals surface area contributed by atoms with Crippen molar-refractivity contribution in [2.24, 2.45) is 0 Å². The van der Waals surface area contributed by atoms with Gasteiger partial charge in [-0.3, -0.25) is 0 Å². The molecule has 0 fully saturated rings. The molecule has 1 unspecified atom stereocenters. The van der Waals surface area contributed by atoms with Crippen LogP contribution in [0.25, 0.3) is 134 Å². The number of hydrogen-bond acceptors (Lipinski definition) is 3. The van der Waals surface area contributed by atoms with E-state index in [-0.39, 0.29) is 5.92 Å². The summed E-state index contributed by atoms with van der Waals surface area (Å²) in [5.74, 6) is 1.58. The highest BCUT2D eigenvalue weighted by Crippen LogP contribution is 2.44. The molecule has 1 atom stereocenters. The van der Waals surface area contributed by atoms with Crippen molar-refractivity contribution in [3.8, 4) is 78.7 Å². The van der Waals surface area contributed by atoms with Crippen molar-refractivity contribution in [3.63, 3.8) is 0 Å². The lowest BCUT2D eigenvalue weighted by molar-refractivity contribution is 0.773. The van der Waals surface area contributed by atoms with E-state index in [1.54, 1.807) is 0 Å². The number of fused-ring (bicyclic) bond motifs is 6. The number of nitrogens with zero attached hydrogens (tertiary/aromatic N) is 5. The molecule has 14 rings (SSSR count). The first-order valence-corrected chi connectivity index (χ1v) is 29.6. The minimum absolute atomic E-state index is 0.224. The van der Waals surface area contributed by atoms with E-state index in [2.05, 4.69) is 307 Å². The molecule has 0 aliphatic rings. The quantitative estimate of drug-likeness (QED) is 0.0674. The van der Waals surface area contributed by atoms with Gasteiger partial charge in [0.05, 0.1) is 27.8 Å². The molecule has 3 heterocycles. The molecule has 0 aliphatic heterocycles. The van der Waals surface area contributed by atoms with Gasteiger partial charge in [-0.2, -0.15) is 0 Å². The second-order valence-electron chi connectivity index (χ2n) is 21.9. The second kappa shape index (κ2) is 23.7. The van der Waals surface area contributed by atoms with Crippen LogP contribution in [-0.4, -0.2) is 24.1 Å². The maximum absolute atomic E-state index is 5.56. The van der Waals surface area contributed by atoms with Gasteiger partial charge in [0, 0.05) is 49.8 Å². The zero-order valence-electron chi connectivity index (χ0n) is 47.7. The molecule has 0 saturated heterocycles. The van der Waals surface area contributed by atoms with Crippen molar-refractivity contribution < 1.29 is 0 Å². The predicted molar refractivity (Wildman–Crippen MR) is 363 cm³/mol. The molecule has 3 aromatic heterocycles. The second-order valence-corrected chi connectivity index (χ2v) is 21.9. The topological polar surface area (TPSA) is 48.5 Å². The third-order valence-electron chi connectivity index (χ3n) is 16.4. The zero-order chi connectivity index (χ0) is 57.8. The average molecular weight is 1100 g/mol. The van der Waals surface area contributed by atoms with Gasteiger partial charge in [-0.15, -0.1) is 13.2 Å². The van der Waals surface area contributed by atoms with Gasteiger partial charge in [0.15, 0.2) is 11.6 Å². The van der Waals surface area contributed by atoms with Crippen LogP contribution >= 0.6 is 0 Å². The van der Waals surface area contributed by atoms with E-state index in [9.17, 15) is 0 Å². The molecule has 0 radical (unpaired) electrons. The molecular formula is C81H61N5. The van der Waals surface area contributed by atoms with Gasteiger partial charge in [-0.1, -0.05) is 231 Å². The Morgan fingerprint density at radius 1 is 0.360 bits per heavy atom. The highest BCUT2D eigenvalue weighted by Gasteiger charge is 2.24. The first-order chi connectivity index (χ1) is 42.6. The number of aromatic nitrogens is 5. The molecule has 0 saturated carbocycles. The fourth-order valence-corrected chi connectivity index (χ4v) is 12.2. The normalized spacial score (nSPS) is 12.0. The molecule has 5 nitrogen and oxygen atoms in total. The summed E-state index contributed by atoms with van der Waals surface area (Å²) in [4.78, 5) is 16.5. The Hall–Kier alpha value is -11.0. The summed E-state index contributed by atoms with van der Waals surface area (Å²) in [6.07, 6.45) is 15.2. The van der Waals surface area contributed by atoms with E-state index in [1.807, 2.05) is 18.2 Å². The van der Waals surface area contributed by atoms with Crippen LogP contribution in [0.3, 0.4) is 0 Å². The summed E-state index contributed by atoms with van der Waals surface area (Å²) >= 11 is 0. The van der Waals surface area contributed by atoms with Crippen molar-refractivity contribution in [3.05, 3.63) is 321 Å². The van der Waals surface area contributed by atoms with Crippen LogP contribution in [0.5, 0.6) is 0 Å². The van der Waals surface area contributed by atoms with Crippen molar-refractivity contribution in [1.29, 1.82) is 0 Å². The van der Waals surface area contributed by atoms with Crippen molar-refractivity contribution in [2.75, 3.05) is 0 Å². The maximum atomic E-state index is 5.56. The van der Waals surface area contributed by atoms with E-state index < -0.39 is 0 Å². The fourth-order valence-electron chi connectivity index (χ4n) is 12.2. The smallest absolute Gasteiger partial charge is 0.163 e. The summed E-state index contributed by atoms with van der Waals surface area (Å²) in [5, 5.41) is 4.77. The molecule has 14 aromatic rings. The van der Waals surface area contributed by atoms with Crippen LogP contribution in [0, 0.1) is 0 Å². The Balaban J connectivity index is 1.03. The van der Waals surface area contributed by atoms with Gasteiger partial charge in [-0.25, -0.2) is 15.0 Å². The lowest BCUT2D eigenvalue weighted by atomic mass is 9.94. The van der Waals surface area contributed by atoms with Crippen molar-refractivity contribution in [2.45, 2.75) is 25.2 Å². The highest BCUT2D eigenvalue weighted by atomic mass is 15.0. The third kappa shape index (κ3) is 10.4. The molecule has 5 heteroatoms. The molecule has 11 aromatic carbocycles. The summed E-state index contributed by atoms with van der Waals surface area (Å²) in [6.45, 7) is 8.49. The van der Waals surface area contributed by atoms with E-state index in [1.165, 1.54) is 27.4 Å². The Morgan fingerprint density at radius 2 is 0.860 bits per heavy atom. The van der Waals surface area contributed by atoms with Crippen molar-refractivity contribution in [1.82, 2.24) is 24.1 Å². The Bertz CT molecular complexity index is 4750. The van der Waals surface area contributed by atoms with E-state index in [0.717, 1.165) is 107 Å².